The molecule has 0 amide bonds. The van der Waals surface area contributed by atoms with Crippen LogP contribution in [-0.4, -0.2) is 20.6 Å². The van der Waals surface area contributed by atoms with Crippen LogP contribution in [0.3, 0.4) is 0 Å². The van der Waals surface area contributed by atoms with Crippen LogP contribution in [0.15, 0.2) is 18.6 Å². The molecule has 2 heterocycles. The van der Waals surface area contributed by atoms with Gasteiger partial charge < -0.3 is 9.88 Å². The highest BCUT2D eigenvalue weighted by atomic mass is 32.1. The van der Waals surface area contributed by atoms with Gasteiger partial charge in [0.2, 0.25) is 0 Å². The Kier molecular flexibility index (Phi) is 2.49. The SMILES string of the molecule is Cn1ccnc1-c1ncc(CNC2CC2)s1. The third kappa shape index (κ3) is 2.01. The van der Waals surface area contributed by atoms with Crippen LogP contribution in [-0.2, 0) is 13.6 Å². The number of rotatable bonds is 4. The fourth-order valence-electron chi connectivity index (χ4n) is 1.60. The molecule has 0 aromatic carbocycles. The van der Waals surface area contributed by atoms with E-state index >= 15 is 0 Å². The highest BCUT2D eigenvalue weighted by molar-refractivity contribution is 7.14. The Balaban J connectivity index is 1.74. The Morgan fingerprint density at radius 2 is 2.38 bits per heavy atom. The first-order chi connectivity index (χ1) is 7.83. The average molecular weight is 234 g/mol. The predicted molar refractivity (Wildman–Crippen MR) is 64.2 cm³/mol. The molecule has 2 aromatic heterocycles. The summed E-state index contributed by atoms with van der Waals surface area (Å²) in [5.74, 6) is 0.947. The molecule has 84 valence electrons. The van der Waals surface area contributed by atoms with E-state index in [-0.39, 0.29) is 0 Å². The number of hydrogen-bond donors (Lipinski definition) is 1. The fourth-order valence-corrected chi connectivity index (χ4v) is 2.50. The summed E-state index contributed by atoms with van der Waals surface area (Å²) in [6.45, 7) is 0.937. The van der Waals surface area contributed by atoms with Gasteiger partial charge in [-0.15, -0.1) is 11.3 Å². The third-order valence-corrected chi connectivity index (χ3v) is 3.70. The summed E-state index contributed by atoms with van der Waals surface area (Å²) in [5.41, 5.74) is 0. The summed E-state index contributed by atoms with van der Waals surface area (Å²) in [6, 6.07) is 0.749. The lowest BCUT2D eigenvalue weighted by Gasteiger charge is -1.97. The van der Waals surface area contributed by atoms with Gasteiger partial charge in [0.25, 0.3) is 0 Å². The monoisotopic (exact) mass is 234 g/mol. The van der Waals surface area contributed by atoms with E-state index in [1.807, 2.05) is 24.0 Å². The van der Waals surface area contributed by atoms with E-state index in [4.69, 9.17) is 0 Å². The molecule has 0 spiro atoms. The number of aromatic nitrogens is 3. The van der Waals surface area contributed by atoms with Crippen LogP contribution in [0.5, 0.6) is 0 Å². The van der Waals surface area contributed by atoms with Crippen LogP contribution in [0.2, 0.25) is 0 Å². The molecule has 0 radical (unpaired) electrons. The summed E-state index contributed by atoms with van der Waals surface area (Å²) in [7, 11) is 1.99. The van der Waals surface area contributed by atoms with Gasteiger partial charge in [0.15, 0.2) is 10.8 Å². The largest absolute Gasteiger partial charge is 0.332 e. The minimum Gasteiger partial charge on any atom is -0.332 e. The summed E-state index contributed by atoms with van der Waals surface area (Å²) in [6.07, 6.45) is 8.35. The van der Waals surface area contributed by atoms with Crippen LogP contribution in [0.25, 0.3) is 10.8 Å². The Morgan fingerprint density at radius 3 is 3.06 bits per heavy atom. The Morgan fingerprint density at radius 1 is 1.50 bits per heavy atom. The molecule has 0 aliphatic heterocycles. The molecular formula is C11H14N4S. The summed E-state index contributed by atoms with van der Waals surface area (Å²) >= 11 is 1.72. The lowest BCUT2D eigenvalue weighted by molar-refractivity contribution is 0.694. The first kappa shape index (κ1) is 9.99. The molecule has 1 aliphatic carbocycles. The molecule has 1 N–H and O–H groups in total. The third-order valence-electron chi connectivity index (χ3n) is 2.71. The normalized spacial score (nSPS) is 15.6. The molecule has 1 aliphatic rings. The number of thiazole rings is 1. The molecule has 1 saturated carbocycles. The maximum atomic E-state index is 4.41. The minimum atomic E-state index is 0.749. The molecule has 0 saturated heterocycles. The smallest absolute Gasteiger partial charge is 0.168 e. The second kappa shape index (κ2) is 3.99. The van der Waals surface area contributed by atoms with E-state index in [9.17, 15) is 0 Å². The first-order valence-electron chi connectivity index (χ1n) is 5.49. The zero-order valence-corrected chi connectivity index (χ0v) is 10.00. The van der Waals surface area contributed by atoms with Crippen molar-refractivity contribution in [3.63, 3.8) is 0 Å². The van der Waals surface area contributed by atoms with Crippen LogP contribution in [0.1, 0.15) is 17.7 Å². The second-order valence-electron chi connectivity index (χ2n) is 4.15. The summed E-state index contributed by atoms with van der Waals surface area (Å²) in [5, 5.41) is 4.49. The molecule has 1 fully saturated rings. The topological polar surface area (TPSA) is 42.7 Å². The fraction of sp³-hybridized carbons (Fsp3) is 0.455. The van der Waals surface area contributed by atoms with Crippen LogP contribution in [0.4, 0.5) is 0 Å². The van der Waals surface area contributed by atoms with Gasteiger partial charge in [-0.05, 0) is 12.8 Å². The minimum absolute atomic E-state index is 0.749. The van der Waals surface area contributed by atoms with Gasteiger partial charge in [0.1, 0.15) is 0 Å². The Bertz CT molecular complexity index is 484. The summed E-state index contributed by atoms with van der Waals surface area (Å²) in [4.78, 5) is 9.99. The molecule has 0 bridgehead atoms. The van der Waals surface area contributed by atoms with E-state index < -0.39 is 0 Å². The lowest BCUT2D eigenvalue weighted by atomic mass is 10.5. The molecule has 2 aromatic rings. The van der Waals surface area contributed by atoms with Gasteiger partial charge in [0.05, 0.1) is 0 Å². The van der Waals surface area contributed by atoms with Gasteiger partial charge in [0, 0.05) is 43.1 Å². The standard InChI is InChI=1S/C11H14N4S/c1-15-5-4-12-10(15)11-14-7-9(16-11)6-13-8-2-3-8/h4-5,7-8,13H,2-3,6H2,1H3. The van der Waals surface area contributed by atoms with E-state index in [1.165, 1.54) is 17.7 Å². The first-order valence-corrected chi connectivity index (χ1v) is 6.30. The maximum absolute atomic E-state index is 4.41. The number of nitrogens with zero attached hydrogens (tertiary/aromatic N) is 3. The molecule has 16 heavy (non-hydrogen) atoms. The van der Waals surface area contributed by atoms with Gasteiger partial charge >= 0.3 is 0 Å². The van der Waals surface area contributed by atoms with Gasteiger partial charge in [-0.2, -0.15) is 0 Å². The highest BCUT2D eigenvalue weighted by Gasteiger charge is 2.20. The molecule has 3 rings (SSSR count). The predicted octanol–water partition coefficient (Wildman–Crippen LogP) is 1.80. The number of hydrogen-bond acceptors (Lipinski definition) is 4. The van der Waals surface area contributed by atoms with E-state index in [1.54, 1.807) is 17.5 Å². The number of imidazole rings is 1. The summed E-state index contributed by atoms with van der Waals surface area (Å²) < 4.78 is 2.00. The Labute approximate surface area is 98.4 Å². The van der Waals surface area contributed by atoms with E-state index in [0.29, 0.717) is 0 Å². The maximum Gasteiger partial charge on any atom is 0.168 e. The van der Waals surface area contributed by atoms with Crippen molar-refractivity contribution in [2.24, 2.45) is 7.05 Å². The Hall–Kier alpha value is -1.20. The van der Waals surface area contributed by atoms with Crippen molar-refractivity contribution in [3.8, 4) is 10.8 Å². The van der Waals surface area contributed by atoms with Gasteiger partial charge in [-0.25, -0.2) is 9.97 Å². The van der Waals surface area contributed by atoms with Gasteiger partial charge in [-0.1, -0.05) is 0 Å². The van der Waals surface area contributed by atoms with Crippen molar-refractivity contribution in [3.05, 3.63) is 23.5 Å². The zero-order chi connectivity index (χ0) is 11.0. The molecular weight excluding hydrogens is 220 g/mol. The van der Waals surface area contributed by atoms with Gasteiger partial charge in [-0.3, -0.25) is 0 Å². The van der Waals surface area contributed by atoms with Crippen molar-refractivity contribution in [2.75, 3.05) is 0 Å². The zero-order valence-electron chi connectivity index (χ0n) is 9.18. The number of aryl methyl sites for hydroxylation is 1. The van der Waals surface area contributed by atoms with Crippen molar-refractivity contribution < 1.29 is 0 Å². The molecule has 5 heteroatoms. The van der Waals surface area contributed by atoms with E-state index in [0.717, 1.165) is 23.4 Å². The second-order valence-corrected chi connectivity index (χ2v) is 5.26. The van der Waals surface area contributed by atoms with Crippen molar-refractivity contribution in [1.82, 2.24) is 19.9 Å². The molecule has 0 unspecified atom stereocenters. The molecule has 4 nitrogen and oxygen atoms in total. The van der Waals surface area contributed by atoms with Crippen molar-refractivity contribution in [2.45, 2.75) is 25.4 Å². The lowest BCUT2D eigenvalue weighted by Crippen LogP contribution is -2.14. The number of nitrogens with one attached hydrogen (secondary N) is 1. The van der Waals surface area contributed by atoms with Crippen molar-refractivity contribution in [1.29, 1.82) is 0 Å². The quantitative estimate of drug-likeness (QED) is 0.877. The van der Waals surface area contributed by atoms with Crippen LogP contribution >= 0.6 is 11.3 Å². The van der Waals surface area contributed by atoms with E-state index in [2.05, 4.69) is 15.3 Å². The van der Waals surface area contributed by atoms with Crippen molar-refractivity contribution >= 4 is 11.3 Å². The highest BCUT2D eigenvalue weighted by Crippen LogP contribution is 2.24. The average Bonchev–Trinajstić information content (AvgIpc) is 2.82. The van der Waals surface area contributed by atoms with Crippen LogP contribution in [0, 0.1) is 0 Å². The molecule has 0 atom stereocenters. The van der Waals surface area contributed by atoms with Crippen LogP contribution < -0.4 is 5.32 Å².